The van der Waals surface area contributed by atoms with Gasteiger partial charge in [0.2, 0.25) is 5.91 Å². The molecule has 7 nitrogen and oxygen atoms in total. The molecule has 0 aromatic rings. The van der Waals surface area contributed by atoms with Crippen molar-refractivity contribution in [1.29, 1.82) is 0 Å². The van der Waals surface area contributed by atoms with E-state index in [4.69, 9.17) is 0 Å². The Kier molecular flexibility index (Phi) is 8.32. The summed E-state index contributed by atoms with van der Waals surface area (Å²) in [6, 6.07) is 0.0313. The predicted molar refractivity (Wildman–Crippen MR) is 82.3 cm³/mol. The third kappa shape index (κ3) is 7.28. The number of amides is 3. The summed E-state index contributed by atoms with van der Waals surface area (Å²) in [5.41, 5.74) is 0. The number of rotatable bonds is 7. The maximum Gasteiger partial charge on any atom is 0.317 e. The first-order valence-electron chi connectivity index (χ1n) is 7.89. The van der Waals surface area contributed by atoms with Crippen LogP contribution >= 0.6 is 0 Å². The van der Waals surface area contributed by atoms with Crippen molar-refractivity contribution in [2.75, 3.05) is 26.7 Å². The Morgan fingerprint density at radius 3 is 2.41 bits per heavy atom. The van der Waals surface area contributed by atoms with Gasteiger partial charge in [0.15, 0.2) is 0 Å². The van der Waals surface area contributed by atoms with E-state index < -0.39 is 0 Å². The molecule has 0 heterocycles. The molecule has 0 atom stereocenters. The molecule has 0 saturated heterocycles. The third-order valence-electron chi connectivity index (χ3n) is 3.79. The maximum absolute atomic E-state index is 12.3. The van der Waals surface area contributed by atoms with Crippen molar-refractivity contribution in [1.82, 2.24) is 15.5 Å². The molecule has 0 spiro atoms. The number of methoxy groups -OCH3 is 1. The van der Waals surface area contributed by atoms with Crippen LogP contribution in [0, 0.1) is 0 Å². The van der Waals surface area contributed by atoms with Gasteiger partial charge >= 0.3 is 12.0 Å². The highest BCUT2D eigenvalue weighted by molar-refractivity contribution is 5.76. The summed E-state index contributed by atoms with van der Waals surface area (Å²) >= 11 is 0. The maximum atomic E-state index is 12.3. The SMILES string of the molecule is COC(=O)CCN(CCNC(C)=O)C(=O)NC1CCCCC1. The van der Waals surface area contributed by atoms with Crippen molar-refractivity contribution in [2.24, 2.45) is 0 Å². The van der Waals surface area contributed by atoms with Gasteiger partial charge < -0.3 is 20.3 Å². The Bertz CT molecular complexity index is 381. The molecule has 0 bridgehead atoms. The average molecular weight is 313 g/mol. The van der Waals surface area contributed by atoms with E-state index in [-0.39, 0.29) is 36.9 Å². The van der Waals surface area contributed by atoms with Crippen LogP contribution in [-0.4, -0.2) is 55.6 Å². The monoisotopic (exact) mass is 313 g/mol. The summed E-state index contributed by atoms with van der Waals surface area (Å²) in [4.78, 5) is 36.1. The molecule has 2 N–H and O–H groups in total. The number of hydrogen-bond acceptors (Lipinski definition) is 4. The number of carbonyl (C=O) groups excluding carboxylic acids is 3. The molecule has 1 aliphatic carbocycles. The first kappa shape index (κ1) is 18.3. The fourth-order valence-electron chi connectivity index (χ4n) is 2.52. The third-order valence-corrected chi connectivity index (χ3v) is 3.79. The van der Waals surface area contributed by atoms with Crippen LogP contribution in [0.2, 0.25) is 0 Å². The van der Waals surface area contributed by atoms with Gasteiger partial charge in [-0.1, -0.05) is 19.3 Å². The minimum atomic E-state index is -0.352. The van der Waals surface area contributed by atoms with Crippen LogP contribution in [0.1, 0.15) is 45.4 Å². The van der Waals surface area contributed by atoms with Crippen LogP contribution in [0.4, 0.5) is 4.79 Å². The fourth-order valence-corrected chi connectivity index (χ4v) is 2.52. The van der Waals surface area contributed by atoms with Crippen LogP contribution < -0.4 is 10.6 Å². The number of ether oxygens (including phenoxy) is 1. The zero-order valence-electron chi connectivity index (χ0n) is 13.5. The summed E-state index contributed by atoms with van der Waals surface area (Å²) in [7, 11) is 1.33. The molecule has 1 aliphatic rings. The van der Waals surface area contributed by atoms with Gasteiger partial charge in [0.1, 0.15) is 0 Å². The smallest absolute Gasteiger partial charge is 0.317 e. The zero-order valence-corrected chi connectivity index (χ0v) is 13.5. The first-order valence-corrected chi connectivity index (χ1v) is 7.89. The summed E-state index contributed by atoms with van der Waals surface area (Å²) in [6.07, 6.45) is 5.65. The minimum absolute atomic E-state index is 0.138. The van der Waals surface area contributed by atoms with Gasteiger partial charge in [0, 0.05) is 32.6 Å². The largest absolute Gasteiger partial charge is 0.469 e. The zero-order chi connectivity index (χ0) is 16.4. The number of esters is 1. The lowest BCUT2D eigenvalue weighted by Gasteiger charge is -2.28. The molecule has 1 fully saturated rings. The Morgan fingerprint density at radius 2 is 1.82 bits per heavy atom. The molecule has 3 amide bonds. The lowest BCUT2D eigenvalue weighted by atomic mass is 9.96. The van der Waals surface area contributed by atoms with Gasteiger partial charge in [-0.2, -0.15) is 0 Å². The first-order chi connectivity index (χ1) is 10.5. The van der Waals surface area contributed by atoms with Gasteiger partial charge in [-0.15, -0.1) is 0 Å². The molecule has 0 unspecified atom stereocenters. The summed E-state index contributed by atoms with van der Waals surface area (Å²) < 4.78 is 4.61. The van der Waals surface area contributed by atoms with E-state index in [1.807, 2.05) is 0 Å². The second-order valence-corrected chi connectivity index (χ2v) is 5.58. The van der Waals surface area contributed by atoms with Crippen molar-refractivity contribution in [2.45, 2.75) is 51.5 Å². The van der Waals surface area contributed by atoms with E-state index in [0.29, 0.717) is 13.1 Å². The standard InChI is InChI=1S/C15H27N3O4/c1-12(19)16-9-11-18(10-8-14(20)22-2)15(21)17-13-6-4-3-5-7-13/h13H,3-11H2,1-2H3,(H,16,19)(H,17,21). The second kappa shape index (κ2) is 10.0. The van der Waals surface area contributed by atoms with Gasteiger partial charge in [-0.05, 0) is 12.8 Å². The van der Waals surface area contributed by atoms with Gasteiger partial charge in [0.25, 0.3) is 0 Å². The van der Waals surface area contributed by atoms with E-state index in [9.17, 15) is 14.4 Å². The molecule has 0 aromatic carbocycles. The average Bonchev–Trinajstić information content (AvgIpc) is 2.50. The van der Waals surface area contributed by atoms with Crippen LogP contribution in [0.15, 0.2) is 0 Å². The van der Waals surface area contributed by atoms with E-state index >= 15 is 0 Å². The quantitative estimate of drug-likeness (QED) is 0.687. The second-order valence-electron chi connectivity index (χ2n) is 5.58. The molecule has 22 heavy (non-hydrogen) atoms. The number of carbonyl (C=O) groups is 3. The summed E-state index contributed by atoms with van der Waals surface area (Å²) in [6.45, 7) is 2.45. The minimum Gasteiger partial charge on any atom is -0.469 e. The van der Waals surface area contributed by atoms with Crippen molar-refractivity contribution in [3.05, 3.63) is 0 Å². The molecule has 1 rings (SSSR count). The Morgan fingerprint density at radius 1 is 1.14 bits per heavy atom. The fraction of sp³-hybridized carbons (Fsp3) is 0.800. The molecule has 1 saturated carbocycles. The van der Waals surface area contributed by atoms with Crippen molar-refractivity contribution >= 4 is 17.9 Å². The molecule has 0 radical (unpaired) electrons. The van der Waals surface area contributed by atoms with Gasteiger partial charge in [0.05, 0.1) is 13.5 Å². The predicted octanol–water partition coefficient (Wildman–Crippen LogP) is 1.03. The van der Waals surface area contributed by atoms with E-state index in [2.05, 4.69) is 15.4 Å². The highest BCUT2D eigenvalue weighted by Crippen LogP contribution is 2.17. The Hall–Kier alpha value is -1.79. The normalized spacial score (nSPS) is 15.0. The van der Waals surface area contributed by atoms with E-state index in [1.165, 1.54) is 20.5 Å². The Labute approximate surface area is 131 Å². The van der Waals surface area contributed by atoms with Crippen molar-refractivity contribution in [3.8, 4) is 0 Å². The van der Waals surface area contributed by atoms with Crippen molar-refractivity contribution in [3.63, 3.8) is 0 Å². The van der Waals surface area contributed by atoms with Gasteiger partial charge in [-0.25, -0.2) is 4.79 Å². The lowest BCUT2D eigenvalue weighted by Crippen LogP contribution is -2.48. The summed E-state index contributed by atoms with van der Waals surface area (Å²) in [5, 5.41) is 5.68. The topological polar surface area (TPSA) is 87.7 Å². The van der Waals surface area contributed by atoms with Gasteiger partial charge in [-0.3, -0.25) is 9.59 Å². The number of nitrogens with one attached hydrogen (secondary N) is 2. The summed E-state index contributed by atoms with van der Waals surface area (Å²) in [5.74, 6) is -0.490. The highest BCUT2D eigenvalue weighted by atomic mass is 16.5. The molecule has 0 aromatic heterocycles. The van der Waals surface area contributed by atoms with Crippen LogP contribution in [0.25, 0.3) is 0 Å². The highest BCUT2D eigenvalue weighted by Gasteiger charge is 2.20. The molecular weight excluding hydrogens is 286 g/mol. The molecule has 0 aliphatic heterocycles. The van der Waals surface area contributed by atoms with E-state index in [0.717, 1.165) is 25.7 Å². The van der Waals surface area contributed by atoms with Crippen molar-refractivity contribution < 1.29 is 19.1 Å². The number of nitrogens with zero attached hydrogens (tertiary/aromatic N) is 1. The lowest BCUT2D eigenvalue weighted by molar-refractivity contribution is -0.140. The van der Waals surface area contributed by atoms with Crippen LogP contribution in [0.5, 0.6) is 0 Å². The van der Waals surface area contributed by atoms with E-state index in [1.54, 1.807) is 4.90 Å². The number of hydrogen-bond donors (Lipinski definition) is 2. The number of urea groups is 1. The molecule has 126 valence electrons. The Balaban J connectivity index is 2.47. The van der Waals surface area contributed by atoms with Crippen LogP contribution in [0.3, 0.4) is 0 Å². The molecular formula is C15H27N3O4. The molecule has 7 heteroatoms. The van der Waals surface area contributed by atoms with Crippen LogP contribution in [-0.2, 0) is 14.3 Å².